The molecule has 0 bridgehead atoms. The van der Waals surface area contributed by atoms with E-state index in [-0.39, 0.29) is 11.8 Å². The first-order valence-electron chi connectivity index (χ1n) is 9.22. The highest BCUT2D eigenvalue weighted by atomic mass is 16.2. The molecule has 0 atom stereocenters. The van der Waals surface area contributed by atoms with Gasteiger partial charge in [0.2, 0.25) is 5.91 Å². The zero-order valence-electron chi connectivity index (χ0n) is 15.5. The van der Waals surface area contributed by atoms with Gasteiger partial charge in [-0.1, -0.05) is 66.2 Å². The number of carbonyl (C=O) groups is 2. The lowest BCUT2D eigenvalue weighted by Gasteiger charge is -2.09. The normalized spacial score (nSPS) is 10.6. The van der Waals surface area contributed by atoms with Crippen LogP contribution >= 0.6 is 0 Å². The Morgan fingerprint density at radius 3 is 2.33 bits per heavy atom. The number of benzene rings is 3. The van der Waals surface area contributed by atoms with Crippen molar-refractivity contribution < 1.29 is 9.59 Å². The van der Waals surface area contributed by atoms with Crippen LogP contribution in [0, 0.1) is 6.92 Å². The van der Waals surface area contributed by atoms with Crippen LogP contribution in [0.4, 0.5) is 0 Å². The number of nitrogens with one attached hydrogen (secondary N) is 2. The Kier molecular flexibility index (Phi) is 6.21. The maximum absolute atomic E-state index is 12.4. The molecule has 0 saturated heterocycles. The molecule has 0 spiro atoms. The summed E-state index contributed by atoms with van der Waals surface area (Å²) in [5, 5.41) is 7.69. The second kappa shape index (κ2) is 8.99. The Balaban J connectivity index is 1.42. The number of amides is 2. The van der Waals surface area contributed by atoms with Crippen molar-refractivity contribution in [1.29, 1.82) is 0 Å². The molecule has 0 saturated carbocycles. The summed E-state index contributed by atoms with van der Waals surface area (Å²) in [6, 6.07) is 21.7. The summed E-state index contributed by atoms with van der Waals surface area (Å²) in [5.74, 6) is -0.129. The molecule has 27 heavy (non-hydrogen) atoms. The SMILES string of the molecule is Cc1ccc(CCC(=O)NCCNC(=O)c2cccc3ccccc23)cc1. The minimum absolute atomic E-state index is 0.00464. The van der Waals surface area contributed by atoms with Crippen molar-refractivity contribution in [2.75, 3.05) is 13.1 Å². The molecule has 0 aliphatic rings. The lowest BCUT2D eigenvalue weighted by molar-refractivity contribution is -0.121. The van der Waals surface area contributed by atoms with E-state index in [0.29, 0.717) is 31.5 Å². The van der Waals surface area contributed by atoms with Crippen molar-refractivity contribution in [1.82, 2.24) is 10.6 Å². The molecule has 4 heteroatoms. The van der Waals surface area contributed by atoms with Crippen molar-refractivity contribution in [2.24, 2.45) is 0 Å². The van der Waals surface area contributed by atoms with Crippen LogP contribution in [0.3, 0.4) is 0 Å². The zero-order valence-corrected chi connectivity index (χ0v) is 15.5. The fourth-order valence-electron chi connectivity index (χ4n) is 3.00. The molecule has 0 aliphatic carbocycles. The average Bonchev–Trinajstić information content (AvgIpc) is 2.70. The predicted molar refractivity (Wildman–Crippen MR) is 109 cm³/mol. The first kappa shape index (κ1) is 18.6. The fourth-order valence-corrected chi connectivity index (χ4v) is 3.00. The van der Waals surface area contributed by atoms with E-state index in [4.69, 9.17) is 0 Å². The highest BCUT2D eigenvalue weighted by molar-refractivity contribution is 6.07. The Labute approximate surface area is 159 Å². The molecule has 3 aromatic rings. The van der Waals surface area contributed by atoms with Crippen LogP contribution < -0.4 is 10.6 Å². The third-order valence-electron chi connectivity index (χ3n) is 4.53. The second-order valence-electron chi connectivity index (χ2n) is 6.62. The van der Waals surface area contributed by atoms with Crippen LogP contribution in [0.2, 0.25) is 0 Å². The quantitative estimate of drug-likeness (QED) is 0.632. The molecule has 3 rings (SSSR count). The molecule has 3 aromatic carbocycles. The second-order valence-corrected chi connectivity index (χ2v) is 6.62. The topological polar surface area (TPSA) is 58.2 Å². The fraction of sp³-hybridized carbons (Fsp3) is 0.217. The molecular weight excluding hydrogens is 336 g/mol. The van der Waals surface area contributed by atoms with Gasteiger partial charge < -0.3 is 10.6 Å². The molecule has 4 nitrogen and oxygen atoms in total. The lowest BCUT2D eigenvalue weighted by Crippen LogP contribution is -2.34. The summed E-state index contributed by atoms with van der Waals surface area (Å²) < 4.78 is 0. The third kappa shape index (κ3) is 5.17. The number of hydrogen-bond donors (Lipinski definition) is 2. The summed E-state index contributed by atoms with van der Waals surface area (Å²) in [7, 11) is 0. The van der Waals surface area contributed by atoms with Crippen LogP contribution in [0.15, 0.2) is 66.7 Å². The monoisotopic (exact) mass is 360 g/mol. The minimum atomic E-state index is -0.124. The Morgan fingerprint density at radius 2 is 1.52 bits per heavy atom. The molecule has 0 unspecified atom stereocenters. The van der Waals surface area contributed by atoms with Gasteiger partial charge >= 0.3 is 0 Å². The summed E-state index contributed by atoms with van der Waals surface area (Å²) in [5.41, 5.74) is 3.02. The van der Waals surface area contributed by atoms with Gasteiger partial charge in [0.15, 0.2) is 0 Å². The molecule has 0 aliphatic heterocycles. The maximum atomic E-state index is 12.4. The van der Waals surface area contributed by atoms with Gasteiger partial charge in [-0.25, -0.2) is 0 Å². The molecule has 0 heterocycles. The number of fused-ring (bicyclic) bond motifs is 1. The van der Waals surface area contributed by atoms with Crippen LogP contribution in [-0.2, 0) is 11.2 Å². The summed E-state index contributed by atoms with van der Waals surface area (Å²) >= 11 is 0. The number of aryl methyl sites for hydroxylation is 2. The van der Waals surface area contributed by atoms with Gasteiger partial charge in [-0.3, -0.25) is 9.59 Å². The van der Waals surface area contributed by atoms with Crippen molar-refractivity contribution in [2.45, 2.75) is 19.8 Å². The molecule has 0 fully saturated rings. The molecule has 0 aromatic heterocycles. The van der Waals surface area contributed by atoms with E-state index >= 15 is 0 Å². The van der Waals surface area contributed by atoms with Crippen molar-refractivity contribution >= 4 is 22.6 Å². The van der Waals surface area contributed by atoms with E-state index in [1.165, 1.54) is 5.56 Å². The molecule has 2 N–H and O–H groups in total. The summed E-state index contributed by atoms with van der Waals surface area (Å²) in [6.45, 7) is 2.87. The van der Waals surface area contributed by atoms with Crippen LogP contribution in [0.1, 0.15) is 27.9 Å². The third-order valence-corrected chi connectivity index (χ3v) is 4.53. The molecule has 0 radical (unpaired) electrons. The van der Waals surface area contributed by atoms with Gasteiger partial charge in [0.25, 0.3) is 5.91 Å². The summed E-state index contributed by atoms with van der Waals surface area (Å²) in [4.78, 5) is 24.4. The van der Waals surface area contributed by atoms with E-state index in [1.54, 1.807) is 0 Å². The summed E-state index contributed by atoms with van der Waals surface area (Å²) in [6.07, 6.45) is 1.16. The standard InChI is InChI=1S/C23H24N2O2/c1-17-9-11-18(12-10-17)13-14-22(26)24-15-16-25-23(27)21-8-4-6-19-5-2-3-7-20(19)21/h2-12H,13-16H2,1H3,(H,24,26)(H,25,27). The Hall–Kier alpha value is -3.14. The van der Waals surface area contributed by atoms with Gasteiger partial charge in [0.05, 0.1) is 0 Å². The van der Waals surface area contributed by atoms with Crippen molar-refractivity contribution in [3.8, 4) is 0 Å². The maximum Gasteiger partial charge on any atom is 0.251 e. The van der Waals surface area contributed by atoms with Crippen molar-refractivity contribution in [3.05, 3.63) is 83.4 Å². The van der Waals surface area contributed by atoms with Gasteiger partial charge in [0, 0.05) is 25.1 Å². The van der Waals surface area contributed by atoms with Gasteiger partial charge in [0.1, 0.15) is 0 Å². The van der Waals surface area contributed by atoms with Gasteiger partial charge in [-0.15, -0.1) is 0 Å². The Morgan fingerprint density at radius 1 is 0.815 bits per heavy atom. The smallest absolute Gasteiger partial charge is 0.251 e. The van der Waals surface area contributed by atoms with Crippen LogP contribution in [0.5, 0.6) is 0 Å². The minimum Gasteiger partial charge on any atom is -0.354 e. The number of hydrogen-bond acceptors (Lipinski definition) is 2. The molecule has 2 amide bonds. The molecule has 138 valence electrons. The van der Waals surface area contributed by atoms with E-state index < -0.39 is 0 Å². The van der Waals surface area contributed by atoms with E-state index in [2.05, 4.69) is 22.8 Å². The Bertz CT molecular complexity index is 927. The number of rotatable bonds is 7. The van der Waals surface area contributed by atoms with E-state index in [0.717, 1.165) is 16.3 Å². The van der Waals surface area contributed by atoms with Crippen molar-refractivity contribution in [3.63, 3.8) is 0 Å². The van der Waals surface area contributed by atoms with Crippen LogP contribution in [-0.4, -0.2) is 24.9 Å². The highest BCUT2D eigenvalue weighted by Crippen LogP contribution is 2.18. The zero-order chi connectivity index (χ0) is 19.1. The highest BCUT2D eigenvalue weighted by Gasteiger charge is 2.09. The number of carbonyl (C=O) groups excluding carboxylic acids is 2. The van der Waals surface area contributed by atoms with E-state index in [1.807, 2.05) is 61.5 Å². The van der Waals surface area contributed by atoms with Gasteiger partial charge in [-0.2, -0.15) is 0 Å². The van der Waals surface area contributed by atoms with E-state index in [9.17, 15) is 9.59 Å². The molecular formula is C23H24N2O2. The first-order valence-corrected chi connectivity index (χ1v) is 9.22. The average molecular weight is 360 g/mol. The predicted octanol–water partition coefficient (Wildman–Crippen LogP) is 3.63. The lowest BCUT2D eigenvalue weighted by atomic mass is 10.0. The van der Waals surface area contributed by atoms with Gasteiger partial charge in [-0.05, 0) is 35.7 Å². The largest absolute Gasteiger partial charge is 0.354 e. The van der Waals surface area contributed by atoms with Crippen LogP contribution in [0.25, 0.3) is 10.8 Å². The first-order chi connectivity index (χ1) is 13.1.